The maximum absolute atomic E-state index is 12.5. The standard InChI is InChI=1S/C26H28N6O4/c1-5-30(6-2)19-11-12-23(18(4)13-19)31-28-21-14-17(3)20(15-22(21)29-31)27-26(33)16-36-25-10-8-7-9-24(25)32(34)35/h7-15H,5-6,16H2,1-4H3,(H,27,33). The molecule has 1 heterocycles. The largest absolute Gasteiger partial charge is 0.477 e. The van der Waals surface area contributed by atoms with Crippen LogP contribution in [0.2, 0.25) is 0 Å². The third-order valence-corrected chi connectivity index (χ3v) is 5.95. The van der Waals surface area contributed by atoms with E-state index < -0.39 is 10.8 Å². The van der Waals surface area contributed by atoms with E-state index >= 15 is 0 Å². The van der Waals surface area contributed by atoms with Crippen molar-refractivity contribution in [2.75, 3.05) is 29.9 Å². The van der Waals surface area contributed by atoms with Gasteiger partial charge in [-0.3, -0.25) is 14.9 Å². The van der Waals surface area contributed by atoms with Gasteiger partial charge in [-0.2, -0.15) is 4.80 Å². The molecule has 0 aliphatic carbocycles. The number of nitro benzene ring substituents is 1. The Morgan fingerprint density at radius 2 is 1.72 bits per heavy atom. The van der Waals surface area contributed by atoms with Crippen LogP contribution in [-0.2, 0) is 4.79 Å². The number of ether oxygens (including phenoxy) is 1. The van der Waals surface area contributed by atoms with Crippen LogP contribution in [0.3, 0.4) is 0 Å². The summed E-state index contributed by atoms with van der Waals surface area (Å²) in [5.74, 6) is -0.402. The first-order valence-corrected chi connectivity index (χ1v) is 11.7. The Hall–Kier alpha value is -4.47. The number of hydrogen-bond donors (Lipinski definition) is 1. The number of carbonyl (C=O) groups excluding carboxylic acids is 1. The summed E-state index contributed by atoms with van der Waals surface area (Å²) in [4.78, 5) is 27.0. The molecule has 0 saturated heterocycles. The Labute approximate surface area is 208 Å². The van der Waals surface area contributed by atoms with Crippen molar-refractivity contribution in [1.29, 1.82) is 0 Å². The van der Waals surface area contributed by atoms with Gasteiger partial charge in [-0.15, -0.1) is 10.2 Å². The molecule has 1 N–H and O–H groups in total. The number of rotatable bonds is 9. The van der Waals surface area contributed by atoms with Crippen molar-refractivity contribution in [3.8, 4) is 11.4 Å². The summed E-state index contributed by atoms with van der Waals surface area (Å²) in [7, 11) is 0. The monoisotopic (exact) mass is 488 g/mol. The van der Waals surface area contributed by atoms with E-state index in [1.807, 2.05) is 26.0 Å². The van der Waals surface area contributed by atoms with Crippen LogP contribution >= 0.6 is 0 Å². The number of nitrogens with zero attached hydrogens (tertiary/aromatic N) is 5. The van der Waals surface area contributed by atoms with Gasteiger partial charge in [0.25, 0.3) is 5.91 Å². The van der Waals surface area contributed by atoms with Crippen molar-refractivity contribution in [2.24, 2.45) is 0 Å². The number of nitrogens with one attached hydrogen (secondary N) is 1. The van der Waals surface area contributed by atoms with Gasteiger partial charge in [-0.1, -0.05) is 12.1 Å². The van der Waals surface area contributed by atoms with Gasteiger partial charge in [0.1, 0.15) is 11.0 Å². The Kier molecular flexibility index (Phi) is 7.14. The van der Waals surface area contributed by atoms with Crippen LogP contribution in [0, 0.1) is 24.0 Å². The molecule has 186 valence electrons. The summed E-state index contributed by atoms with van der Waals surface area (Å²) in [6.45, 7) is 9.65. The fourth-order valence-corrected chi connectivity index (χ4v) is 4.02. The Morgan fingerprint density at radius 3 is 2.39 bits per heavy atom. The third kappa shape index (κ3) is 5.12. The second-order valence-corrected chi connectivity index (χ2v) is 8.35. The Balaban J connectivity index is 1.52. The molecule has 0 saturated carbocycles. The lowest BCUT2D eigenvalue weighted by Crippen LogP contribution is -2.21. The number of aromatic nitrogens is 3. The Bertz CT molecular complexity index is 1430. The molecule has 0 radical (unpaired) electrons. The number of hydrogen-bond acceptors (Lipinski definition) is 7. The lowest BCUT2D eigenvalue weighted by Gasteiger charge is -2.22. The zero-order valence-corrected chi connectivity index (χ0v) is 20.7. The number of carbonyl (C=O) groups is 1. The first kappa shape index (κ1) is 24.6. The molecular formula is C26H28N6O4. The lowest BCUT2D eigenvalue weighted by atomic mass is 10.1. The maximum Gasteiger partial charge on any atom is 0.310 e. The second-order valence-electron chi connectivity index (χ2n) is 8.35. The number of nitro groups is 1. The summed E-state index contributed by atoms with van der Waals surface area (Å²) in [6.07, 6.45) is 0. The van der Waals surface area contributed by atoms with E-state index in [2.05, 4.69) is 46.4 Å². The summed E-state index contributed by atoms with van der Waals surface area (Å²) < 4.78 is 5.39. The number of amides is 1. The van der Waals surface area contributed by atoms with Crippen LogP contribution < -0.4 is 15.0 Å². The number of benzene rings is 3. The van der Waals surface area contributed by atoms with E-state index in [0.29, 0.717) is 16.7 Å². The average Bonchev–Trinajstić information content (AvgIpc) is 3.26. The smallest absolute Gasteiger partial charge is 0.310 e. The highest BCUT2D eigenvalue weighted by atomic mass is 16.6. The first-order chi connectivity index (χ1) is 17.3. The molecule has 0 atom stereocenters. The van der Waals surface area contributed by atoms with Gasteiger partial charge in [0.2, 0.25) is 0 Å². The molecule has 36 heavy (non-hydrogen) atoms. The summed E-state index contributed by atoms with van der Waals surface area (Å²) in [5.41, 5.74) is 5.60. The van der Waals surface area contributed by atoms with Gasteiger partial charge in [0.05, 0.1) is 10.6 Å². The van der Waals surface area contributed by atoms with Gasteiger partial charge in [0, 0.05) is 30.5 Å². The minimum atomic E-state index is -0.548. The molecule has 3 aromatic carbocycles. The van der Waals surface area contributed by atoms with Gasteiger partial charge < -0.3 is 15.0 Å². The summed E-state index contributed by atoms with van der Waals surface area (Å²) in [5, 5.41) is 23.2. The molecule has 0 fully saturated rings. The molecule has 4 aromatic rings. The number of anilines is 2. The van der Waals surface area contributed by atoms with E-state index in [1.165, 1.54) is 18.2 Å². The number of fused-ring (bicyclic) bond motifs is 1. The van der Waals surface area contributed by atoms with E-state index in [4.69, 9.17) is 4.74 Å². The van der Waals surface area contributed by atoms with Crippen LogP contribution in [0.1, 0.15) is 25.0 Å². The van der Waals surface area contributed by atoms with Gasteiger partial charge >= 0.3 is 5.69 Å². The summed E-state index contributed by atoms with van der Waals surface area (Å²) >= 11 is 0. The van der Waals surface area contributed by atoms with E-state index in [-0.39, 0.29) is 18.0 Å². The zero-order valence-electron chi connectivity index (χ0n) is 20.7. The quantitative estimate of drug-likeness (QED) is 0.265. The zero-order chi connectivity index (χ0) is 25.8. The van der Waals surface area contributed by atoms with Crippen LogP contribution in [0.15, 0.2) is 54.6 Å². The normalized spacial score (nSPS) is 10.9. The fraction of sp³-hybridized carbons (Fsp3) is 0.269. The van der Waals surface area contributed by atoms with Crippen molar-refractivity contribution < 1.29 is 14.5 Å². The Morgan fingerprint density at radius 1 is 1.03 bits per heavy atom. The molecule has 0 bridgehead atoms. The SMILES string of the molecule is CCN(CC)c1ccc(-n2nc3cc(C)c(NC(=O)COc4ccccc4[N+](=O)[O-])cc3n2)c(C)c1. The minimum Gasteiger partial charge on any atom is -0.477 e. The topological polar surface area (TPSA) is 115 Å². The second kappa shape index (κ2) is 10.4. The van der Waals surface area contributed by atoms with Gasteiger partial charge in [-0.05, 0) is 75.2 Å². The highest BCUT2D eigenvalue weighted by molar-refractivity contribution is 5.95. The molecular weight excluding hydrogens is 460 g/mol. The van der Waals surface area contributed by atoms with E-state index in [0.717, 1.165) is 35.6 Å². The van der Waals surface area contributed by atoms with Crippen LogP contribution in [0.4, 0.5) is 17.1 Å². The predicted molar refractivity (Wildman–Crippen MR) is 139 cm³/mol. The molecule has 0 aliphatic heterocycles. The van der Waals surface area contributed by atoms with Crippen molar-refractivity contribution in [3.63, 3.8) is 0 Å². The molecule has 0 aliphatic rings. The molecule has 10 nitrogen and oxygen atoms in total. The summed E-state index contributed by atoms with van der Waals surface area (Å²) in [6, 6.07) is 15.8. The predicted octanol–water partition coefficient (Wildman–Crippen LogP) is 4.81. The highest BCUT2D eigenvalue weighted by Crippen LogP contribution is 2.27. The average molecular weight is 489 g/mol. The van der Waals surface area contributed by atoms with Crippen LogP contribution in [0.25, 0.3) is 16.7 Å². The highest BCUT2D eigenvalue weighted by Gasteiger charge is 2.16. The van der Waals surface area contributed by atoms with Crippen molar-refractivity contribution >= 4 is 34.0 Å². The molecule has 10 heteroatoms. The number of aryl methyl sites for hydroxylation is 2. The fourth-order valence-electron chi connectivity index (χ4n) is 4.02. The van der Waals surface area contributed by atoms with E-state index in [1.54, 1.807) is 16.9 Å². The van der Waals surface area contributed by atoms with Gasteiger partial charge in [-0.25, -0.2) is 0 Å². The number of para-hydroxylation sites is 2. The van der Waals surface area contributed by atoms with Crippen LogP contribution in [-0.4, -0.2) is 45.5 Å². The van der Waals surface area contributed by atoms with E-state index in [9.17, 15) is 14.9 Å². The van der Waals surface area contributed by atoms with Gasteiger partial charge in [0.15, 0.2) is 12.4 Å². The molecule has 1 amide bonds. The third-order valence-electron chi connectivity index (χ3n) is 5.95. The maximum atomic E-state index is 12.5. The van der Waals surface area contributed by atoms with Crippen LogP contribution in [0.5, 0.6) is 5.75 Å². The first-order valence-electron chi connectivity index (χ1n) is 11.7. The molecule has 0 spiro atoms. The van der Waals surface area contributed by atoms with Crippen molar-refractivity contribution in [1.82, 2.24) is 15.0 Å². The van der Waals surface area contributed by atoms with Crippen molar-refractivity contribution in [2.45, 2.75) is 27.7 Å². The minimum absolute atomic E-state index is 0.0372. The lowest BCUT2D eigenvalue weighted by molar-refractivity contribution is -0.385. The molecule has 1 aromatic heterocycles. The molecule has 0 unspecified atom stereocenters. The molecule has 4 rings (SSSR count). The van der Waals surface area contributed by atoms with Crippen molar-refractivity contribution in [3.05, 3.63) is 75.8 Å².